The second kappa shape index (κ2) is 4.97. The normalized spacial score (nSPS) is 10.4. The van der Waals surface area contributed by atoms with Crippen molar-refractivity contribution in [3.05, 3.63) is 44.2 Å². The first kappa shape index (κ1) is 11.6. The van der Waals surface area contributed by atoms with Crippen molar-refractivity contribution >= 4 is 33.1 Å². The molecular weight excluding hydrogens is 284 g/mol. The minimum Gasteiger partial charge on any atom is -0.365 e. The molecular formula is C12H13BrN2S. The lowest BCUT2D eigenvalue weighted by Gasteiger charge is -2.03. The quantitative estimate of drug-likeness (QED) is 0.921. The maximum absolute atomic E-state index is 4.27. The predicted octanol–water partition coefficient (Wildman–Crippen LogP) is 4.13. The smallest absolute Gasteiger partial charge is 0.126 e. The minimum absolute atomic E-state index is 0.827. The molecule has 0 saturated heterocycles. The SMILES string of the molecule is Cc1ccnc(NCc2cc(C)c(Br)s2)c1. The molecule has 0 spiro atoms. The first-order valence-corrected chi connectivity index (χ1v) is 6.67. The molecule has 0 atom stereocenters. The van der Waals surface area contributed by atoms with Crippen LogP contribution >= 0.6 is 27.3 Å². The van der Waals surface area contributed by atoms with E-state index >= 15 is 0 Å². The van der Waals surface area contributed by atoms with Crippen LogP contribution < -0.4 is 5.32 Å². The van der Waals surface area contributed by atoms with Crippen molar-refractivity contribution in [3.8, 4) is 0 Å². The number of halogens is 1. The molecule has 0 bridgehead atoms. The van der Waals surface area contributed by atoms with Crippen LogP contribution in [-0.2, 0) is 6.54 Å². The van der Waals surface area contributed by atoms with E-state index in [9.17, 15) is 0 Å². The van der Waals surface area contributed by atoms with Crippen LogP contribution in [-0.4, -0.2) is 4.98 Å². The fourth-order valence-electron chi connectivity index (χ4n) is 1.42. The Hall–Kier alpha value is -0.870. The summed E-state index contributed by atoms with van der Waals surface area (Å²) in [4.78, 5) is 5.58. The summed E-state index contributed by atoms with van der Waals surface area (Å²) in [6.45, 7) is 5.00. The molecule has 2 aromatic rings. The summed E-state index contributed by atoms with van der Waals surface area (Å²) in [5.41, 5.74) is 2.51. The van der Waals surface area contributed by atoms with Crippen LogP contribution in [0.2, 0.25) is 0 Å². The second-order valence-electron chi connectivity index (χ2n) is 3.74. The molecule has 84 valence electrons. The van der Waals surface area contributed by atoms with Crippen molar-refractivity contribution < 1.29 is 0 Å². The molecule has 0 aliphatic carbocycles. The van der Waals surface area contributed by atoms with Gasteiger partial charge in [-0.1, -0.05) is 0 Å². The zero-order valence-corrected chi connectivity index (χ0v) is 11.7. The minimum atomic E-state index is 0.827. The number of hydrogen-bond acceptors (Lipinski definition) is 3. The van der Waals surface area contributed by atoms with E-state index in [4.69, 9.17) is 0 Å². The van der Waals surface area contributed by atoms with Crippen molar-refractivity contribution in [2.75, 3.05) is 5.32 Å². The van der Waals surface area contributed by atoms with Gasteiger partial charge in [0.1, 0.15) is 5.82 Å². The lowest BCUT2D eigenvalue weighted by atomic mass is 10.3. The molecule has 16 heavy (non-hydrogen) atoms. The molecule has 2 aromatic heterocycles. The van der Waals surface area contributed by atoms with E-state index in [-0.39, 0.29) is 0 Å². The number of aromatic nitrogens is 1. The van der Waals surface area contributed by atoms with Gasteiger partial charge in [-0.05, 0) is 59.1 Å². The zero-order chi connectivity index (χ0) is 11.5. The Morgan fingerprint density at radius 2 is 2.19 bits per heavy atom. The highest BCUT2D eigenvalue weighted by atomic mass is 79.9. The third kappa shape index (κ3) is 2.83. The van der Waals surface area contributed by atoms with Gasteiger partial charge in [0, 0.05) is 11.1 Å². The first-order chi connectivity index (χ1) is 7.65. The maximum Gasteiger partial charge on any atom is 0.126 e. The second-order valence-corrected chi connectivity index (χ2v) is 6.20. The van der Waals surface area contributed by atoms with E-state index in [0.29, 0.717) is 0 Å². The van der Waals surface area contributed by atoms with E-state index < -0.39 is 0 Å². The zero-order valence-electron chi connectivity index (χ0n) is 9.25. The highest BCUT2D eigenvalue weighted by Crippen LogP contribution is 2.27. The van der Waals surface area contributed by atoms with E-state index in [2.05, 4.69) is 52.2 Å². The lowest BCUT2D eigenvalue weighted by Crippen LogP contribution is -1.99. The van der Waals surface area contributed by atoms with Gasteiger partial charge in [0.05, 0.1) is 10.3 Å². The molecule has 0 amide bonds. The molecule has 0 aromatic carbocycles. The third-order valence-electron chi connectivity index (χ3n) is 2.27. The Morgan fingerprint density at radius 3 is 2.81 bits per heavy atom. The van der Waals surface area contributed by atoms with Gasteiger partial charge in [-0.15, -0.1) is 11.3 Å². The van der Waals surface area contributed by atoms with Gasteiger partial charge in [0.2, 0.25) is 0 Å². The Balaban J connectivity index is 2.02. The van der Waals surface area contributed by atoms with E-state index in [1.165, 1.54) is 19.8 Å². The molecule has 2 nitrogen and oxygen atoms in total. The maximum atomic E-state index is 4.27. The molecule has 0 unspecified atom stereocenters. The van der Waals surface area contributed by atoms with Crippen LogP contribution in [0.3, 0.4) is 0 Å². The average molecular weight is 297 g/mol. The number of thiophene rings is 1. The topological polar surface area (TPSA) is 24.9 Å². The van der Waals surface area contributed by atoms with E-state index in [1.807, 2.05) is 12.3 Å². The standard InChI is InChI=1S/C12H13BrN2S/c1-8-3-4-14-11(5-8)15-7-10-6-9(2)12(13)16-10/h3-6H,7H2,1-2H3,(H,14,15). The molecule has 2 heterocycles. The largest absolute Gasteiger partial charge is 0.365 e. The number of nitrogens with zero attached hydrogens (tertiary/aromatic N) is 1. The highest BCUT2D eigenvalue weighted by Gasteiger charge is 2.02. The molecule has 2 rings (SSSR count). The van der Waals surface area contributed by atoms with Crippen molar-refractivity contribution in [1.29, 1.82) is 0 Å². The summed E-state index contributed by atoms with van der Waals surface area (Å²) >= 11 is 5.29. The van der Waals surface area contributed by atoms with Gasteiger partial charge in [-0.3, -0.25) is 0 Å². The van der Waals surface area contributed by atoms with Crippen molar-refractivity contribution in [1.82, 2.24) is 4.98 Å². The van der Waals surface area contributed by atoms with Crippen LogP contribution in [0.4, 0.5) is 5.82 Å². The van der Waals surface area contributed by atoms with Gasteiger partial charge in [0.15, 0.2) is 0 Å². The average Bonchev–Trinajstić information content (AvgIpc) is 2.56. The first-order valence-electron chi connectivity index (χ1n) is 5.06. The highest BCUT2D eigenvalue weighted by molar-refractivity contribution is 9.11. The van der Waals surface area contributed by atoms with Crippen molar-refractivity contribution in [2.45, 2.75) is 20.4 Å². The summed E-state index contributed by atoms with van der Waals surface area (Å²) < 4.78 is 1.21. The number of pyridine rings is 1. The summed E-state index contributed by atoms with van der Waals surface area (Å²) in [6, 6.07) is 6.24. The molecule has 0 fully saturated rings. The Morgan fingerprint density at radius 1 is 1.38 bits per heavy atom. The van der Waals surface area contributed by atoms with Crippen LogP contribution in [0.15, 0.2) is 28.2 Å². The number of aryl methyl sites for hydroxylation is 2. The van der Waals surface area contributed by atoms with Crippen LogP contribution in [0.1, 0.15) is 16.0 Å². The van der Waals surface area contributed by atoms with Gasteiger partial charge >= 0.3 is 0 Å². The van der Waals surface area contributed by atoms with Gasteiger partial charge in [-0.2, -0.15) is 0 Å². The number of nitrogens with one attached hydrogen (secondary N) is 1. The fraction of sp³-hybridized carbons (Fsp3) is 0.250. The van der Waals surface area contributed by atoms with Crippen LogP contribution in [0.25, 0.3) is 0 Å². The Bertz CT molecular complexity index is 474. The lowest BCUT2D eigenvalue weighted by molar-refractivity contribution is 1.13. The van der Waals surface area contributed by atoms with E-state index in [1.54, 1.807) is 11.3 Å². The molecule has 0 aliphatic heterocycles. The monoisotopic (exact) mass is 296 g/mol. The Labute approximate surface area is 108 Å². The molecule has 4 heteroatoms. The van der Waals surface area contributed by atoms with Crippen molar-refractivity contribution in [2.24, 2.45) is 0 Å². The van der Waals surface area contributed by atoms with Crippen molar-refractivity contribution in [3.63, 3.8) is 0 Å². The molecule has 0 radical (unpaired) electrons. The van der Waals surface area contributed by atoms with Gasteiger partial charge < -0.3 is 5.32 Å². The third-order valence-corrected chi connectivity index (χ3v) is 4.40. The van der Waals surface area contributed by atoms with E-state index in [0.717, 1.165) is 12.4 Å². The van der Waals surface area contributed by atoms with Crippen LogP contribution in [0.5, 0.6) is 0 Å². The Kier molecular flexibility index (Phi) is 3.61. The summed E-state index contributed by atoms with van der Waals surface area (Å²) in [7, 11) is 0. The summed E-state index contributed by atoms with van der Waals surface area (Å²) in [6.07, 6.45) is 1.83. The fourth-order valence-corrected chi connectivity index (χ4v) is 2.99. The summed E-state index contributed by atoms with van der Waals surface area (Å²) in [5.74, 6) is 0.933. The number of hydrogen-bond donors (Lipinski definition) is 1. The van der Waals surface area contributed by atoms with Crippen LogP contribution in [0, 0.1) is 13.8 Å². The molecule has 1 N–H and O–H groups in total. The van der Waals surface area contributed by atoms with Gasteiger partial charge in [-0.25, -0.2) is 4.98 Å². The molecule has 0 aliphatic rings. The number of rotatable bonds is 3. The molecule has 0 saturated carbocycles. The predicted molar refractivity (Wildman–Crippen MR) is 73.1 cm³/mol. The van der Waals surface area contributed by atoms with Gasteiger partial charge in [0.25, 0.3) is 0 Å². The number of anilines is 1. The summed E-state index contributed by atoms with van der Waals surface area (Å²) in [5, 5.41) is 3.32.